The smallest absolute Gasteiger partial charge is 0.246 e. The zero-order valence-corrected chi connectivity index (χ0v) is 8.11. The van der Waals surface area contributed by atoms with Crippen LogP contribution in [0.2, 0.25) is 0 Å². The van der Waals surface area contributed by atoms with Gasteiger partial charge in [0.25, 0.3) is 0 Å². The van der Waals surface area contributed by atoms with Crippen LogP contribution in [0.5, 0.6) is 0 Å². The molecule has 0 aromatic carbocycles. The second-order valence-corrected chi connectivity index (χ2v) is 3.13. The first-order valence-corrected chi connectivity index (χ1v) is 4.09. The predicted molar refractivity (Wildman–Crippen MR) is 50.9 cm³/mol. The largest absolute Gasteiger partial charge is 0.392 e. The van der Waals surface area contributed by atoms with E-state index >= 15 is 0 Å². The van der Waals surface area contributed by atoms with Gasteiger partial charge in [-0.05, 0) is 13.8 Å². The van der Waals surface area contributed by atoms with Crippen LogP contribution in [-0.4, -0.2) is 30.2 Å². The molecule has 70 valence electrons. The second-order valence-electron chi connectivity index (χ2n) is 2.60. The monoisotopic (exact) mass is 190 g/mol. The van der Waals surface area contributed by atoms with E-state index in [9.17, 15) is 4.79 Å². The first-order chi connectivity index (χ1) is 5.52. The van der Waals surface area contributed by atoms with Gasteiger partial charge in [0.1, 0.15) is 6.61 Å². The Balaban J connectivity index is 3.40. The Hall–Kier alpha value is -0.680. The molecule has 0 saturated carbocycles. The lowest BCUT2D eigenvalue weighted by atomic mass is 10.5. The highest BCUT2D eigenvalue weighted by molar-refractivity contribution is 7.80. The van der Waals surface area contributed by atoms with Crippen molar-refractivity contribution < 1.29 is 9.53 Å². The van der Waals surface area contributed by atoms with Crippen molar-refractivity contribution in [3.8, 4) is 0 Å². The molecule has 0 aromatic rings. The van der Waals surface area contributed by atoms with Crippen LogP contribution in [0.25, 0.3) is 0 Å². The van der Waals surface area contributed by atoms with Crippen LogP contribution < -0.4 is 11.1 Å². The molecule has 0 heterocycles. The number of nitrogens with two attached hydrogens (primary N) is 1. The van der Waals surface area contributed by atoms with E-state index < -0.39 is 0 Å². The molecular formula is C7H14N2O2S. The fraction of sp³-hybridized carbons (Fsp3) is 0.714. The molecule has 0 spiro atoms. The molecule has 0 aromatic heterocycles. The first kappa shape index (κ1) is 11.3. The van der Waals surface area contributed by atoms with Crippen molar-refractivity contribution in [3.05, 3.63) is 0 Å². The van der Waals surface area contributed by atoms with Crippen LogP contribution in [0.3, 0.4) is 0 Å². The normalized spacial score (nSPS) is 9.92. The summed E-state index contributed by atoms with van der Waals surface area (Å²) >= 11 is 4.57. The molecule has 5 heteroatoms. The summed E-state index contributed by atoms with van der Waals surface area (Å²) in [6, 6.07) is 0. The SMILES string of the molecule is CC(C)OCC(=O)NCC(N)=S. The molecule has 0 unspecified atom stereocenters. The van der Waals surface area contributed by atoms with E-state index in [-0.39, 0.29) is 30.2 Å². The van der Waals surface area contributed by atoms with E-state index in [1.807, 2.05) is 13.8 Å². The molecule has 0 bridgehead atoms. The molecule has 3 N–H and O–H groups in total. The standard InChI is InChI=1S/C7H14N2O2S/c1-5(2)11-4-7(10)9-3-6(8)12/h5H,3-4H2,1-2H3,(H2,8,12)(H,9,10). The number of amides is 1. The molecule has 0 aliphatic carbocycles. The van der Waals surface area contributed by atoms with E-state index in [2.05, 4.69) is 17.5 Å². The number of thiocarbonyl (C=S) groups is 1. The minimum atomic E-state index is -0.198. The zero-order valence-electron chi connectivity index (χ0n) is 7.29. The molecule has 0 aliphatic rings. The summed E-state index contributed by atoms with van der Waals surface area (Å²) in [6.45, 7) is 4.01. The molecule has 0 rings (SSSR count). The van der Waals surface area contributed by atoms with Gasteiger partial charge in [0, 0.05) is 0 Å². The maximum absolute atomic E-state index is 10.9. The minimum Gasteiger partial charge on any atom is -0.392 e. The fourth-order valence-corrected chi connectivity index (χ4v) is 0.551. The summed E-state index contributed by atoms with van der Waals surface area (Å²) in [7, 11) is 0. The van der Waals surface area contributed by atoms with Crippen LogP contribution in [0.1, 0.15) is 13.8 Å². The van der Waals surface area contributed by atoms with Gasteiger partial charge in [-0.3, -0.25) is 4.79 Å². The number of hydrogen-bond donors (Lipinski definition) is 2. The average Bonchev–Trinajstić information content (AvgIpc) is 1.96. The van der Waals surface area contributed by atoms with Gasteiger partial charge < -0.3 is 15.8 Å². The Kier molecular flexibility index (Phi) is 5.57. The molecule has 0 saturated heterocycles. The van der Waals surface area contributed by atoms with Gasteiger partial charge in [-0.2, -0.15) is 0 Å². The van der Waals surface area contributed by atoms with E-state index in [4.69, 9.17) is 10.5 Å². The molecule has 1 amide bonds. The highest BCUT2D eigenvalue weighted by Crippen LogP contribution is 1.85. The average molecular weight is 190 g/mol. The minimum absolute atomic E-state index is 0.0558. The number of rotatable bonds is 5. The summed E-state index contributed by atoms with van der Waals surface area (Å²) in [5, 5.41) is 2.51. The molecule has 4 nitrogen and oxygen atoms in total. The van der Waals surface area contributed by atoms with Gasteiger partial charge in [-0.1, -0.05) is 12.2 Å². The topological polar surface area (TPSA) is 64.3 Å². The van der Waals surface area contributed by atoms with Crippen molar-refractivity contribution >= 4 is 23.1 Å². The van der Waals surface area contributed by atoms with Gasteiger partial charge in [0.05, 0.1) is 17.6 Å². The van der Waals surface area contributed by atoms with Crippen molar-refractivity contribution in [2.45, 2.75) is 20.0 Å². The lowest BCUT2D eigenvalue weighted by Crippen LogP contribution is -2.35. The van der Waals surface area contributed by atoms with Gasteiger partial charge in [0.15, 0.2) is 0 Å². The Morgan fingerprint density at radius 1 is 1.67 bits per heavy atom. The highest BCUT2D eigenvalue weighted by atomic mass is 32.1. The third-order valence-corrected chi connectivity index (χ3v) is 1.15. The molecule has 0 aliphatic heterocycles. The van der Waals surface area contributed by atoms with Crippen LogP contribution in [-0.2, 0) is 9.53 Å². The summed E-state index contributed by atoms with van der Waals surface area (Å²) < 4.78 is 5.04. The highest BCUT2D eigenvalue weighted by Gasteiger charge is 2.02. The zero-order chi connectivity index (χ0) is 9.56. The van der Waals surface area contributed by atoms with Gasteiger partial charge in [0.2, 0.25) is 5.91 Å². The lowest BCUT2D eigenvalue weighted by Gasteiger charge is -2.07. The summed E-state index contributed by atoms with van der Waals surface area (Å²) in [6.07, 6.45) is 0.0561. The maximum atomic E-state index is 10.9. The van der Waals surface area contributed by atoms with Crippen molar-refractivity contribution in [2.24, 2.45) is 5.73 Å². The number of carbonyl (C=O) groups is 1. The Bertz CT molecular complexity index is 171. The number of hydrogen-bond acceptors (Lipinski definition) is 3. The van der Waals surface area contributed by atoms with Crippen LogP contribution in [0, 0.1) is 0 Å². The van der Waals surface area contributed by atoms with E-state index in [1.165, 1.54) is 0 Å². The van der Waals surface area contributed by atoms with Crippen LogP contribution >= 0.6 is 12.2 Å². The van der Waals surface area contributed by atoms with Crippen molar-refractivity contribution in [1.29, 1.82) is 0 Å². The van der Waals surface area contributed by atoms with E-state index in [0.29, 0.717) is 0 Å². The van der Waals surface area contributed by atoms with Crippen molar-refractivity contribution in [1.82, 2.24) is 5.32 Å². The number of carbonyl (C=O) groups excluding carboxylic acids is 1. The van der Waals surface area contributed by atoms with Gasteiger partial charge in [-0.25, -0.2) is 0 Å². The van der Waals surface area contributed by atoms with Gasteiger partial charge >= 0.3 is 0 Å². The molecule has 0 radical (unpaired) electrons. The first-order valence-electron chi connectivity index (χ1n) is 3.69. The summed E-state index contributed by atoms with van der Waals surface area (Å²) in [5.74, 6) is -0.198. The number of nitrogens with one attached hydrogen (secondary N) is 1. The van der Waals surface area contributed by atoms with Crippen LogP contribution in [0.15, 0.2) is 0 Å². The van der Waals surface area contributed by atoms with Crippen molar-refractivity contribution in [2.75, 3.05) is 13.2 Å². The maximum Gasteiger partial charge on any atom is 0.246 e. The van der Waals surface area contributed by atoms with Gasteiger partial charge in [-0.15, -0.1) is 0 Å². The predicted octanol–water partition coefficient (Wildman–Crippen LogP) is -0.186. The molecular weight excluding hydrogens is 176 g/mol. The molecule has 0 fully saturated rings. The third-order valence-electron chi connectivity index (χ3n) is 1.01. The quantitative estimate of drug-likeness (QED) is 0.590. The van der Waals surface area contributed by atoms with E-state index in [1.54, 1.807) is 0 Å². The summed E-state index contributed by atoms with van der Waals surface area (Å²) in [5.41, 5.74) is 5.17. The Labute approximate surface area is 77.5 Å². The summed E-state index contributed by atoms with van der Waals surface area (Å²) in [4.78, 5) is 11.2. The third kappa shape index (κ3) is 7.43. The molecule has 0 atom stereocenters. The lowest BCUT2D eigenvalue weighted by molar-refractivity contribution is -0.126. The van der Waals surface area contributed by atoms with Crippen molar-refractivity contribution in [3.63, 3.8) is 0 Å². The number of ether oxygens (including phenoxy) is 1. The Morgan fingerprint density at radius 3 is 2.67 bits per heavy atom. The second kappa shape index (κ2) is 5.91. The van der Waals surface area contributed by atoms with Crippen LogP contribution in [0.4, 0.5) is 0 Å². The fourth-order valence-electron chi connectivity index (χ4n) is 0.479. The van der Waals surface area contributed by atoms with E-state index in [0.717, 1.165) is 0 Å². The molecule has 12 heavy (non-hydrogen) atoms. The Morgan fingerprint density at radius 2 is 2.25 bits per heavy atom.